The molecule has 37 heavy (non-hydrogen) atoms. The van der Waals surface area contributed by atoms with Gasteiger partial charge in [0.2, 0.25) is 0 Å². The van der Waals surface area contributed by atoms with Crippen LogP contribution in [0.4, 0.5) is 0 Å². The minimum Gasteiger partial charge on any atom is -0.496 e. The molecule has 0 amide bonds. The number of methoxy groups -OCH3 is 1. The number of Topliss-reactive ketones (excluding diaryl/α,β-unsaturated/α-hetero) is 1. The second-order valence-corrected chi connectivity index (χ2v) is 9.41. The van der Waals surface area contributed by atoms with Crippen LogP contribution in [0.3, 0.4) is 0 Å². The van der Waals surface area contributed by atoms with Crippen LogP contribution < -0.4 is 15.5 Å². The maximum absolute atomic E-state index is 13.8. The lowest BCUT2D eigenvalue weighted by Crippen LogP contribution is -2.37. The first kappa shape index (κ1) is 24.6. The zero-order valence-electron chi connectivity index (χ0n) is 21.1. The van der Waals surface area contributed by atoms with Crippen molar-refractivity contribution in [1.29, 1.82) is 0 Å². The maximum atomic E-state index is 13.8. The molecule has 0 unspecified atom stereocenters. The summed E-state index contributed by atoms with van der Waals surface area (Å²) in [6.07, 6.45) is 2.80. The van der Waals surface area contributed by atoms with E-state index in [0.29, 0.717) is 40.8 Å². The third kappa shape index (κ3) is 4.35. The lowest BCUT2D eigenvalue weighted by atomic mass is 9.71. The first-order valence-electron chi connectivity index (χ1n) is 12.5. The van der Waals surface area contributed by atoms with Crippen LogP contribution in [0.1, 0.15) is 56.1 Å². The Kier molecular flexibility index (Phi) is 6.70. The highest BCUT2D eigenvalue weighted by Gasteiger charge is 2.43. The van der Waals surface area contributed by atoms with Gasteiger partial charge in [-0.1, -0.05) is 37.3 Å². The van der Waals surface area contributed by atoms with Crippen molar-refractivity contribution in [3.63, 3.8) is 0 Å². The van der Waals surface area contributed by atoms with Crippen LogP contribution in [0, 0.1) is 0 Å². The summed E-state index contributed by atoms with van der Waals surface area (Å²) in [5.74, 6) is -0.938. The van der Waals surface area contributed by atoms with Gasteiger partial charge in [0.1, 0.15) is 11.3 Å². The lowest BCUT2D eigenvalue weighted by Gasteiger charge is -2.36. The number of ketones is 1. The molecular formula is C30H29NO6. The summed E-state index contributed by atoms with van der Waals surface area (Å²) in [5, 5.41) is 3.71. The molecule has 0 saturated heterocycles. The summed E-state index contributed by atoms with van der Waals surface area (Å²) in [6.45, 7) is 3.93. The Bertz CT molecular complexity index is 1510. The van der Waals surface area contributed by atoms with Crippen LogP contribution in [0.2, 0.25) is 0 Å². The molecule has 2 heterocycles. The fourth-order valence-corrected chi connectivity index (χ4v) is 5.41. The zero-order chi connectivity index (χ0) is 26.1. The average molecular weight is 500 g/mol. The second-order valence-electron chi connectivity index (χ2n) is 9.41. The first-order chi connectivity index (χ1) is 17.9. The molecule has 2 atom stereocenters. The molecule has 1 aliphatic heterocycles. The summed E-state index contributed by atoms with van der Waals surface area (Å²) in [5.41, 5.74) is 3.32. The van der Waals surface area contributed by atoms with Gasteiger partial charge < -0.3 is 19.2 Å². The Morgan fingerprint density at radius 2 is 1.81 bits per heavy atom. The number of para-hydroxylation sites is 2. The van der Waals surface area contributed by atoms with E-state index in [1.54, 1.807) is 38.3 Å². The van der Waals surface area contributed by atoms with Gasteiger partial charge >= 0.3 is 5.97 Å². The predicted octanol–water partition coefficient (Wildman–Crippen LogP) is 5.12. The van der Waals surface area contributed by atoms with Crippen LogP contribution in [-0.2, 0) is 14.3 Å². The van der Waals surface area contributed by atoms with Gasteiger partial charge in [-0.3, -0.25) is 9.59 Å². The number of benzene rings is 2. The van der Waals surface area contributed by atoms with E-state index in [1.165, 1.54) is 6.26 Å². The van der Waals surface area contributed by atoms with Crippen LogP contribution in [0.15, 0.2) is 86.5 Å². The second kappa shape index (κ2) is 10.1. The number of rotatable bonds is 6. The molecule has 5 rings (SSSR count). The average Bonchev–Trinajstić information content (AvgIpc) is 2.91. The fraction of sp³-hybridized carbons (Fsp3) is 0.300. The summed E-state index contributed by atoms with van der Waals surface area (Å²) >= 11 is 0. The Labute approximate surface area is 214 Å². The van der Waals surface area contributed by atoms with Gasteiger partial charge in [0.05, 0.1) is 36.9 Å². The molecule has 1 aliphatic carbocycles. The van der Waals surface area contributed by atoms with Gasteiger partial charge in [-0.05, 0) is 43.5 Å². The molecule has 0 spiro atoms. The van der Waals surface area contributed by atoms with Crippen molar-refractivity contribution in [2.75, 3.05) is 13.7 Å². The maximum Gasteiger partial charge on any atom is 0.336 e. The largest absolute Gasteiger partial charge is 0.496 e. The van der Waals surface area contributed by atoms with E-state index >= 15 is 0 Å². The van der Waals surface area contributed by atoms with Crippen LogP contribution >= 0.6 is 0 Å². The summed E-state index contributed by atoms with van der Waals surface area (Å²) in [7, 11) is 1.61. The van der Waals surface area contributed by atoms with Crippen molar-refractivity contribution in [3.8, 4) is 5.75 Å². The molecule has 0 saturated carbocycles. The number of esters is 1. The fourth-order valence-electron chi connectivity index (χ4n) is 5.41. The molecule has 190 valence electrons. The predicted molar refractivity (Wildman–Crippen MR) is 139 cm³/mol. The highest BCUT2D eigenvalue weighted by molar-refractivity contribution is 6.04. The van der Waals surface area contributed by atoms with E-state index in [4.69, 9.17) is 13.9 Å². The van der Waals surface area contributed by atoms with E-state index in [9.17, 15) is 14.4 Å². The van der Waals surface area contributed by atoms with E-state index < -0.39 is 11.9 Å². The number of carbonyl (C=O) groups is 2. The van der Waals surface area contributed by atoms with E-state index in [1.807, 2.05) is 31.2 Å². The van der Waals surface area contributed by atoms with Gasteiger partial charge in [0.25, 0.3) is 0 Å². The van der Waals surface area contributed by atoms with E-state index in [-0.39, 0.29) is 41.3 Å². The number of fused-ring (bicyclic) bond motifs is 1. The highest BCUT2D eigenvalue weighted by atomic mass is 16.5. The van der Waals surface area contributed by atoms with Crippen LogP contribution in [0.5, 0.6) is 5.75 Å². The smallest absolute Gasteiger partial charge is 0.336 e. The van der Waals surface area contributed by atoms with Crippen molar-refractivity contribution in [2.45, 2.75) is 44.9 Å². The van der Waals surface area contributed by atoms with Crippen molar-refractivity contribution in [2.24, 2.45) is 0 Å². The van der Waals surface area contributed by atoms with E-state index in [0.717, 1.165) is 11.3 Å². The SMILES string of the molecule is CCCOC(=O)C1=C(C)NC2=C(C(=O)C[C@H](c3ccccc3OC)C2)[C@H]1c1coc2ccccc2c1=O. The molecule has 0 radical (unpaired) electrons. The Balaban J connectivity index is 1.66. The van der Waals surface area contributed by atoms with Gasteiger partial charge in [-0.2, -0.15) is 0 Å². The number of hydrogen-bond donors (Lipinski definition) is 1. The van der Waals surface area contributed by atoms with Gasteiger partial charge in [0, 0.05) is 34.9 Å². The highest BCUT2D eigenvalue weighted by Crippen LogP contribution is 2.46. The first-order valence-corrected chi connectivity index (χ1v) is 12.5. The molecule has 0 bridgehead atoms. The van der Waals surface area contributed by atoms with Crippen molar-refractivity contribution in [3.05, 3.63) is 98.7 Å². The molecule has 7 nitrogen and oxygen atoms in total. The van der Waals surface area contributed by atoms with Crippen LogP contribution in [-0.4, -0.2) is 25.5 Å². The Morgan fingerprint density at radius 1 is 1.05 bits per heavy atom. The van der Waals surface area contributed by atoms with Crippen molar-refractivity contribution in [1.82, 2.24) is 5.32 Å². The van der Waals surface area contributed by atoms with Crippen molar-refractivity contribution >= 4 is 22.7 Å². The molecule has 0 fully saturated rings. The molecule has 1 N–H and O–H groups in total. The monoisotopic (exact) mass is 499 g/mol. The van der Waals surface area contributed by atoms with Gasteiger partial charge in [0.15, 0.2) is 11.2 Å². The summed E-state index contributed by atoms with van der Waals surface area (Å²) in [6, 6.07) is 14.6. The molecule has 2 aliphatic rings. The zero-order valence-corrected chi connectivity index (χ0v) is 21.1. The van der Waals surface area contributed by atoms with Gasteiger partial charge in [-0.25, -0.2) is 4.79 Å². The Hall–Kier alpha value is -4.13. The Morgan fingerprint density at radius 3 is 2.59 bits per heavy atom. The standard InChI is InChI=1S/C30H29NO6/c1-4-13-36-30(34)26-17(2)31-22-14-18(19-9-5-7-11-24(19)35-3)15-23(32)28(22)27(26)21-16-37-25-12-8-6-10-20(25)29(21)33/h5-12,16,18,27,31H,4,13-15H2,1-3H3/t18-,27+/m1/s1. The molecular weight excluding hydrogens is 470 g/mol. The number of carbonyl (C=O) groups excluding carboxylic acids is 2. The normalized spacial score (nSPS) is 19.5. The van der Waals surface area contributed by atoms with E-state index in [2.05, 4.69) is 5.32 Å². The molecule has 7 heteroatoms. The van der Waals surface area contributed by atoms with Crippen LogP contribution in [0.25, 0.3) is 11.0 Å². The third-order valence-electron chi connectivity index (χ3n) is 7.08. The third-order valence-corrected chi connectivity index (χ3v) is 7.08. The quantitative estimate of drug-likeness (QED) is 0.471. The molecule has 2 aromatic carbocycles. The molecule has 3 aromatic rings. The van der Waals surface area contributed by atoms with Gasteiger partial charge in [-0.15, -0.1) is 0 Å². The summed E-state index contributed by atoms with van der Waals surface area (Å²) in [4.78, 5) is 40.7. The van der Waals surface area contributed by atoms with Crippen molar-refractivity contribution < 1.29 is 23.5 Å². The number of ether oxygens (including phenoxy) is 2. The topological polar surface area (TPSA) is 94.8 Å². The minimum atomic E-state index is -0.882. The number of nitrogens with one attached hydrogen (secondary N) is 1. The number of hydrogen-bond acceptors (Lipinski definition) is 7. The number of allylic oxidation sites excluding steroid dienone is 3. The minimum absolute atomic E-state index is 0.107. The number of dihydropyridines is 1. The summed E-state index contributed by atoms with van der Waals surface area (Å²) < 4.78 is 16.9. The lowest BCUT2D eigenvalue weighted by molar-refractivity contribution is -0.139. The molecule has 1 aromatic heterocycles.